The third kappa shape index (κ3) is 3.35. The van der Waals surface area contributed by atoms with Crippen molar-refractivity contribution in [2.24, 2.45) is 0 Å². The maximum absolute atomic E-state index is 12.7. The van der Waals surface area contributed by atoms with Gasteiger partial charge in [-0.1, -0.05) is 41.9 Å². The summed E-state index contributed by atoms with van der Waals surface area (Å²) in [6.45, 7) is 1.98. The number of rotatable bonds is 2. The second-order valence-corrected chi connectivity index (χ2v) is 7.65. The van der Waals surface area contributed by atoms with Crippen molar-refractivity contribution in [1.82, 2.24) is 10.2 Å². The van der Waals surface area contributed by atoms with Gasteiger partial charge < -0.3 is 20.4 Å². The summed E-state index contributed by atoms with van der Waals surface area (Å²) in [5, 5.41) is 7.53. The number of nitrogens with zero attached hydrogens (tertiary/aromatic N) is 2. The van der Waals surface area contributed by atoms with Crippen LogP contribution in [-0.4, -0.2) is 41.2 Å². The molecule has 1 spiro atoms. The number of nitrogens with one attached hydrogen (secondary N) is 2. The van der Waals surface area contributed by atoms with E-state index in [9.17, 15) is 4.79 Å². The molecule has 0 aromatic heterocycles. The number of piperidine rings is 1. The van der Waals surface area contributed by atoms with Crippen LogP contribution in [-0.2, 0) is 4.79 Å². The Morgan fingerprint density at radius 1 is 1.07 bits per heavy atom. The summed E-state index contributed by atoms with van der Waals surface area (Å²) >= 11 is 11.8. The number of carbonyl (C=O) groups is 1. The zero-order chi connectivity index (χ0) is 18.9. The lowest BCUT2D eigenvalue weighted by Crippen LogP contribution is -2.57. The van der Waals surface area contributed by atoms with E-state index in [1.807, 2.05) is 42.5 Å². The number of hydrogen-bond donors (Lipinski definition) is 2. The molecule has 0 saturated carbocycles. The highest BCUT2D eigenvalue weighted by Crippen LogP contribution is 2.36. The molecule has 0 atom stereocenters. The molecule has 5 nitrogen and oxygen atoms in total. The van der Waals surface area contributed by atoms with Gasteiger partial charge in [0.25, 0.3) is 0 Å². The summed E-state index contributed by atoms with van der Waals surface area (Å²) in [7, 11) is 0. The van der Waals surface area contributed by atoms with E-state index in [-0.39, 0.29) is 5.91 Å². The van der Waals surface area contributed by atoms with Crippen molar-refractivity contribution in [2.75, 3.05) is 30.0 Å². The topological polar surface area (TPSA) is 47.6 Å². The van der Waals surface area contributed by atoms with Crippen LogP contribution in [0.4, 0.5) is 11.4 Å². The number of amides is 1. The van der Waals surface area contributed by atoms with E-state index in [1.165, 1.54) is 0 Å². The molecule has 1 amide bonds. The Labute approximate surface area is 169 Å². The van der Waals surface area contributed by atoms with Gasteiger partial charge in [-0.3, -0.25) is 4.79 Å². The number of likely N-dealkylation sites (tertiary alicyclic amines) is 1. The first-order valence-electron chi connectivity index (χ1n) is 9.02. The van der Waals surface area contributed by atoms with Crippen molar-refractivity contribution in [3.63, 3.8) is 0 Å². The molecule has 2 N–H and O–H groups in total. The van der Waals surface area contributed by atoms with Gasteiger partial charge in [0.2, 0.25) is 5.91 Å². The maximum Gasteiger partial charge on any atom is 0.247 e. The molecule has 2 aliphatic heterocycles. The van der Waals surface area contributed by atoms with Gasteiger partial charge in [-0.15, -0.1) is 0 Å². The first kappa shape index (κ1) is 18.1. The fourth-order valence-electron chi connectivity index (χ4n) is 3.87. The fraction of sp³-hybridized carbons (Fsp3) is 0.300. The number of benzene rings is 2. The van der Waals surface area contributed by atoms with Crippen molar-refractivity contribution in [1.29, 1.82) is 0 Å². The predicted molar refractivity (Wildman–Crippen MR) is 113 cm³/mol. The monoisotopic (exact) mass is 400 g/mol. The van der Waals surface area contributed by atoms with Gasteiger partial charge in [0, 0.05) is 18.8 Å². The molecule has 140 valence electrons. The van der Waals surface area contributed by atoms with Crippen molar-refractivity contribution in [2.45, 2.75) is 18.4 Å². The Bertz CT molecular complexity index is 852. The molecule has 2 fully saturated rings. The fourth-order valence-corrected chi connectivity index (χ4v) is 4.34. The van der Waals surface area contributed by atoms with E-state index in [1.54, 1.807) is 0 Å². The highest BCUT2D eigenvalue weighted by atomic mass is 35.5. The Kier molecular flexibility index (Phi) is 4.93. The van der Waals surface area contributed by atoms with E-state index in [4.69, 9.17) is 23.8 Å². The molecule has 27 heavy (non-hydrogen) atoms. The second-order valence-electron chi connectivity index (χ2n) is 6.86. The number of para-hydroxylation sites is 2. The predicted octanol–water partition coefficient (Wildman–Crippen LogP) is 3.47. The molecular weight excluding hydrogens is 380 g/mol. The number of carbonyl (C=O) groups excluding carboxylic acids is 1. The summed E-state index contributed by atoms with van der Waals surface area (Å²) < 4.78 is 0. The highest BCUT2D eigenvalue weighted by molar-refractivity contribution is 7.80. The molecule has 2 aliphatic rings. The van der Waals surface area contributed by atoms with Gasteiger partial charge >= 0.3 is 0 Å². The average molecular weight is 401 g/mol. The zero-order valence-corrected chi connectivity index (χ0v) is 16.4. The van der Waals surface area contributed by atoms with E-state index in [0.29, 0.717) is 29.9 Å². The van der Waals surface area contributed by atoms with Gasteiger partial charge in [0.1, 0.15) is 5.54 Å². The molecule has 2 heterocycles. The van der Waals surface area contributed by atoms with E-state index in [0.717, 1.165) is 24.2 Å². The van der Waals surface area contributed by atoms with Crippen LogP contribution < -0.4 is 15.5 Å². The van der Waals surface area contributed by atoms with Crippen LogP contribution in [0.1, 0.15) is 12.8 Å². The van der Waals surface area contributed by atoms with Gasteiger partial charge in [0.15, 0.2) is 5.11 Å². The Balaban J connectivity index is 1.46. The number of thiocarbonyl (C=S) groups is 1. The molecule has 7 heteroatoms. The lowest BCUT2D eigenvalue weighted by molar-refractivity contribution is -0.124. The number of halogens is 1. The molecule has 0 radical (unpaired) electrons. The van der Waals surface area contributed by atoms with E-state index in [2.05, 4.69) is 32.6 Å². The standard InChI is InChI=1S/C20H21ClN4OS/c21-16-8-4-5-9-17(16)23-19(27)24-12-10-20(11-13-24)18(26)22-14-25(20)15-6-2-1-3-7-15/h1-9H,10-14H2,(H,22,26)(H,23,27). The third-order valence-electron chi connectivity index (χ3n) is 5.40. The average Bonchev–Trinajstić information content (AvgIpc) is 3.01. The lowest BCUT2D eigenvalue weighted by Gasteiger charge is -2.44. The minimum Gasteiger partial charge on any atom is -0.349 e. The molecule has 0 aliphatic carbocycles. The summed E-state index contributed by atoms with van der Waals surface area (Å²) in [5.74, 6) is 0.107. The van der Waals surface area contributed by atoms with Crippen molar-refractivity contribution in [3.05, 3.63) is 59.6 Å². The smallest absolute Gasteiger partial charge is 0.247 e. The summed E-state index contributed by atoms with van der Waals surface area (Å²) in [6, 6.07) is 17.6. The number of anilines is 2. The molecular formula is C20H21ClN4OS. The van der Waals surface area contributed by atoms with Crippen LogP contribution >= 0.6 is 23.8 Å². The van der Waals surface area contributed by atoms with Gasteiger partial charge in [-0.2, -0.15) is 0 Å². The molecule has 2 saturated heterocycles. The normalized spacial score (nSPS) is 18.5. The van der Waals surface area contributed by atoms with E-state index < -0.39 is 5.54 Å². The number of hydrogen-bond acceptors (Lipinski definition) is 3. The second kappa shape index (κ2) is 7.37. The largest absolute Gasteiger partial charge is 0.349 e. The summed E-state index contributed by atoms with van der Waals surface area (Å²) in [6.07, 6.45) is 1.44. The Hall–Kier alpha value is -2.31. The van der Waals surface area contributed by atoms with Gasteiger partial charge in [0.05, 0.1) is 17.4 Å². The highest BCUT2D eigenvalue weighted by Gasteiger charge is 2.50. The Morgan fingerprint density at radius 2 is 1.74 bits per heavy atom. The van der Waals surface area contributed by atoms with Crippen LogP contribution in [0.3, 0.4) is 0 Å². The maximum atomic E-state index is 12.7. The molecule has 2 aromatic rings. The van der Waals surface area contributed by atoms with Crippen LogP contribution in [0.15, 0.2) is 54.6 Å². The first-order chi connectivity index (χ1) is 13.1. The van der Waals surface area contributed by atoms with Crippen LogP contribution in [0.25, 0.3) is 0 Å². The molecule has 2 aromatic carbocycles. The minimum absolute atomic E-state index is 0.107. The summed E-state index contributed by atoms with van der Waals surface area (Å²) in [4.78, 5) is 17.0. The van der Waals surface area contributed by atoms with E-state index >= 15 is 0 Å². The lowest BCUT2D eigenvalue weighted by atomic mass is 9.86. The van der Waals surface area contributed by atoms with Crippen molar-refractivity contribution >= 4 is 46.2 Å². The zero-order valence-electron chi connectivity index (χ0n) is 14.8. The quantitative estimate of drug-likeness (QED) is 0.756. The van der Waals surface area contributed by atoms with Crippen LogP contribution in [0.5, 0.6) is 0 Å². The SMILES string of the molecule is O=C1NCN(c2ccccc2)C12CCN(C(=S)Nc1ccccc1Cl)CC2. The molecule has 0 bridgehead atoms. The van der Waals surface area contributed by atoms with Gasteiger partial charge in [-0.25, -0.2) is 0 Å². The van der Waals surface area contributed by atoms with Gasteiger partial charge in [-0.05, 0) is 49.3 Å². The third-order valence-corrected chi connectivity index (χ3v) is 6.09. The Morgan fingerprint density at radius 3 is 2.44 bits per heavy atom. The van der Waals surface area contributed by atoms with Crippen LogP contribution in [0.2, 0.25) is 5.02 Å². The summed E-state index contributed by atoms with van der Waals surface area (Å²) in [5.41, 5.74) is 1.37. The molecule has 0 unspecified atom stereocenters. The van der Waals surface area contributed by atoms with Crippen molar-refractivity contribution in [3.8, 4) is 0 Å². The first-order valence-corrected chi connectivity index (χ1v) is 9.80. The van der Waals surface area contributed by atoms with Crippen molar-refractivity contribution < 1.29 is 4.79 Å². The molecule has 4 rings (SSSR count). The minimum atomic E-state index is -0.502. The van der Waals surface area contributed by atoms with Crippen LogP contribution in [0, 0.1) is 0 Å².